The summed E-state index contributed by atoms with van der Waals surface area (Å²) in [4.78, 5) is 22.7. The number of carbonyl (C=O) groups excluding carboxylic acids is 1. The minimum atomic E-state index is -0.617. The van der Waals surface area contributed by atoms with Gasteiger partial charge in [0.25, 0.3) is 5.91 Å². The van der Waals surface area contributed by atoms with Gasteiger partial charge in [-0.15, -0.1) is 0 Å². The van der Waals surface area contributed by atoms with Crippen LogP contribution in [0.3, 0.4) is 0 Å². The van der Waals surface area contributed by atoms with Gasteiger partial charge in [-0.05, 0) is 67.1 Å². The second-order valence-electron chi connectivity index (χ2n) is 8.79. The van der Waals surface area contributed by atoms with Gasteiger partial charge in [0.15, 0.2) is 0 Å². The summed E-state index contributed by atoms with van der Waals surface area (Å²) in [6.07, 6.45) is 7.25. The molecule has 1 aliphatic heterocycles. The molecule has 1 fully saturated rings. The predicted molar refractivity (Wildman–Crippen MR) is 129 cm³/mol. The molecule has 2 N–H and O–H groups in total. The van der Waals surface area contributed by atoms with Crippen LogP contribution in [0.2, 0.25) is 5.15 Å². The maximum Gasteiger partial charge on any atom is 0.253 e. The van der Waals surface area contributed by atoms with Crippen molar-refractivity contribution in [3.05, 3.63) is 94.0 Å². The number of benzene rings is 1. The number of carbonyl (C=O) groups is 1. The van der Waals surface area contributed by atoms with Crippen molar-refractivity contribution in [1.82, 2.24) is 20.2 Å². The van der Waals surface area contributed by atoms with Crippen molar-refractivity contribution >= 4 is 17.5 Å². The van der Waals surface area contributed by atoms with E-state index in [1.54, 1.807) is 30.5 Å². The molecule has 0 saturated carbocycles. The minimum absolute atomic E-state index is 0.0144. The molecular weight excluding hydrogens is 436 g/mol. The number of aryl methyl sites for hydroxylation is 1. The van der Waals surface area contributed by atoms with Crippen molar-refractivity contribution in [3.8, 4) is 0 Å². The van der Waals surface area contributed by atoms with Crippen LogP contribution in [0.1, 0.15) is 51.6 Å². The fourth-order valence-corrected chi connectivity index (χ4v) is 4.46. The topological polar surface area (TPSA) is 78.3 Å². The highest BCUT2D eigenvalue weighted by atomic mass is 35.5. The summed E-state index contributed by atoms with van der Waals surface area (Å²) in [5.74, 6) is -0.0144. The number of aliphatic hydroxyl groups is 1. The molecule has 6 nitrogen and oxygen atoms in total. The van der Waals surface area contributed by atoms with Crippen LogP contribution < -0.4 is 5.32 Å². The van der Waals surface area contributed by atoms with Gasteiger partial charge in [-0.2, -0.15) is 0 Å². The van der Waals surface area contributed by atoms with E-state index in [0.717, 1.165) is 41.5 Å². The Morgan fingerprint density at radius 1 is 1.21 bits per heavy atom. The minimum Gasteiger partial charge on any atom is -0.387 e. The fourth-order valence-electron chi connectivity index (χ4n) is 4.36. The van der Waals surface area contributed by atoms with Crippen molar-refractivity contribution in [2.24, 2.45) is 0 Å². The van der Waals surface area contributed by atoms with Crippen LogP contribution in [0, 0.1) is 6.92 Å². The lowest BCUT2D eigenvalue weighted by Crippen LogP contribution is -2.35. The lowest BCUT2D eigenvalue weighted by molar-refractivity contribution is 0.0785. The summed E-state index contributed by atoms with van der Waals surface area (Å²) >= 11 is 6.01. The second-order valence-corrected chi connectivity index (χ2v) is 9.15. The summed E-state index contributed by atoms with van der Waals surface area (Å²) in [6, 6.07) is 13.8. The van der Waals surface area contributed by atoms with Gasteiger partial charge < -0.3 is 15.3 Å². The van der Waals surface area contributed by atoms with Crippen LogP contribution in [0.5, 0.6) is 0 Å². The number of hydrogen-bond acceptors (Lipinski definition) is 5. The van der Waals surface area contributed by atoms with Gasteiger partial charge in [-0.1, -0.05) is 29.8 Å². The van der Waals surface area contributed by atoms with Crippen LogP contribution in [0.4, 0.5) is 0 Å². The largest absolute Gasteiger partial charge is 0.387 e. The van der Waals surface area contributed by atoms with Crippen molar-refractivity contribution in [1.29, 1.82) is 0 Å². The van der Waals surface area contributed by atoms with Crippen molar-refractivity contribution in [2.75, 3.05) is 7.05 Å². The zero-order valence-corrected chi connectivity index (χ0v) is 19.7. The normalized spacial score (nSPS) is 18.8. The van der Waals surface area contributed by atoms with E-state index in [1.807, 2.05) is 49.4 Å². The first-order valence-electron chi connectivity index (χ1n) is 11.2. The number of hydrogen-bond donors (Lipinski definition) is 2. The van der Waals surface area contributed by atoms with E-state index in [9.17, 15) is 9.90 Å². The van der Waals surface area contributed by atoms with Crippen LogP contribution in [0.15, 0.2) is 61.1 Å². The van der Waals surface area contributed by atoms with E-state index in [2.05, 4.69) is 15.3 Å². The number of nitrogens with one attached hydrogen (secondary N) is 1. The highest BCUT2D eigenvalue weighted by molar-refractivity contribution is 6.30. The molecule has 0 unspecified atom stereocenters. The van der Waals surface area contributed by atoms with Gasteiger partial charge >= 0.3 is 0 Å². The molecule has 7 heteroatoms. The Hall–Kier alpha value is -2.80. The van der Waals surface area contributed by atoms with Gasteiger partial charge in [0.05, 0.1) is 6.10 Å². The SMILES string of the molecule is Cc1cc([C@@H](O)[C@H]2CC[C@@H](Cc3ccc(C(=O)N(C)Cc4cccnc4)cc3)N2)cnc1Cl. The molecular formula is C26H29ClN4O2. The Morgan fingerprint density at radius 2 is 2.00 bits per heavy atom. The summed E-state index contributed by atoms with van der Waals surface area (Å²) in [5.41, 5.74) is 4.48. The molecule has 33 heavy (non-hydrogen) atoms. The molecule has 1 aromatic carbocycles. The van der Waals surface area contributed by atoms with E-state index in [-0.39, 0.29) is 18.0 Å². The lowest BCUT2D eigenvalue weighted by Gasteiger charge is -2.21. The molecule has 172 valence electrons. The quantitative estimate of drug-likeness (QED) is 0.514. The Labute approximate surface area is 199 Å². The second kappa shape index (κ2) is 10.4. The smallest absolute Gasteiger partial charge is 0.253 e. The Balaban J connectivity index is 1.31. The highest BCUT2D eigenvalue weighted by Crippen LogP contribution is 2.28. The molecule has 0 radical (unpaired) electrons. The first kappa shape index (κ1) is 23.4. The van der Waals surface area contributed by atoms with E-state index in [0.29, 0.717) is 17.3 Å². The molecule has 0 bridgehead atoms. The first-order chi connectivity index (χ1) is 15.9. The number of rotatable bonds is 7. The summed E-state index contributed by atoms with van der Waals surface area (Å²) < 4.78 is 0. The molecule has 1 aliphatic rings. The lowest BCUT2D eigenvalue weighted by atomic mass is 10.0. The van der Waals surface area contributed by atoms with Gasteiger partial charge in [-0.3, -0.25) is 9.78 Å². The van der Waals surface area contributed by atoms with Gasteiger partial charge in [0.1, 0.15) is 5.15 Å². The third-order valence-electron chi connectivity index (χ3n) is 6.21. The third-order valence-corrected chi connectivity index (χ3v) is 6.60. The zero-order chi connectivity index (χ0) is 23.4. The monoisotopic (exact) mass is 464 g/mol. The van der Waals surface area contributed by atoms with Gasteiger partial charge in [0, 0.05) is 55.4 Å². The van der Waals surface area contributed by atoms with Crippen LogP contribution >= 0.6 is 11.6 Å². The maximum atomic E-state index is 12.8. The van der Waals surface area contributed by atoms with Crippen molar-refractivity contribution in [3.63, 3.8) is 0 Å². The Kier molecular flexibility index (Phi) is 7.38. The molecule has 3 heterocycles. The molecule has 3 atom stereocenters. The molecule has 0 spiro atoms. The molecule has 1 saturated heterocycles. The molecule has 0 aliphatic carbocycles. The van der Waals surface area contributed by atoms with E-state index < -0.39 is 6.10 Å². The molecule has 4 rings (SSSR count). The average Bonchev–Trinajstić information content (AvgIpc) is 3.29. The number of aliphatic hydroxyl groups excluding tert-OH is 1. The third kappa shape index (κ3) is 5.77. The number of aromatic nitrogens is 2. The number of nitrogens with zero attached hydrogens (tertiary/aromatic N) is 3. The van der Waals surface area contributed by atoms with E-state index in [1.165, 1.54) is 0 Å². The number of amides is 1. The summed E-state index contributed by atoms with van der Waals surface area (Å²) in [5, 5.41) is 14.8. The molecule has 3 aromatic rings. The van der Waals surface area contributed by atoms with E-state index >= 15 is 0 Å². The predicted octanol–water partition coefficient (Wildman–Crippen LogP) is 4.11. The standard InChI is InChI=1S/C26H29ClN4O2/c1-17-12-21(15-29-25(17)27)24(32)23-10-9-22(30-23)13-18-5-7-20(8-6-18)26(33)31(2)16-19-4-3-11-28-14-19/h3-8,11-12,14-15,22-24,30,32H,9-10,13,16H2,1-2H3/t22-,23+,24+/m0/s1. The van der Waals surface area contributed by atoms with Crippen molar-refractivity contribution in [2.45, 2.75) is 50.9 Å². The number of pyridine rings is 2. The highest BCUT2D eigenvalue weighted by Gasteiger charge is 2.30. The van der Waals surface area contributed by atoms with Crippen LogP contribution in [-0.2, 0) is 13.0 Å². The first-order valence-corrected chi connectivity index (χ1v) is 11.6. The summed E-state index contributed by atoms with van der Waals surface area (Å²) in [7, 11) is 1.80. The number of halogens is 1. The van der Waals surface area contributed by atoms with Crippen LogP contribution in [0.25, 0.3) is 0 Å². The van der Waals surface area contributed by atoms with Crippen LogP contribution in [-0.4, -0.2) is 45.0 Å². The Morgan fingerprint density at radius 3 is 2.70 bits per heavy atom. The maximum absolute atomic E-state index is 12.8. The Bertz CT molecular complexity index is 1090. The molecule has 2 aromatic heterocycles. The average molecular weight is 465 g/mol. The summed E-state index contributed by atoms with van der Waals surface area (Å²) in [6.45, 7) is 2.41. The van der Waals surface area contributed by atoms with E-state index in [4.69, 9.17) is 11.6 Å². The van der Waals surface area contributed by atoms with Gasteiger partial charge in [0.2, 0.25) is 0 Å². The van der Waals surface area contributed by atoms with Gasteiger partial charge in [-0.25, -0.2) is 4.98 Å². The molecule has 1 amide bonds. The van der Waals surface area contributed by atoms with Crippen molar-refractivity contribution < 1.29 is 9.90 Å². The fraction of sp³-hybridized carbons (Fsp3) is 0.346. The zero-order valence-electron chi connectivity index (χ0n) is 18.9.